The summed E-state index contributed by atoms with van der Waals surface area (Å²) in [4.78, 5) is 2.37. The van der Waals surface area contributed by atoms with E-state index in [-0.39, 0.29) is 6.04 Å². The van der Waals surface area contributed by atoms with Gasteiger partial charge in [-0.15, -0.1) is 0 Å². The molecule has 1 fully saturated rings. The molecule has 2 nitrogen and oxygen atoms in total. The maximum Gasteiger partial charge on any atom is 0.0424 e. The topological polar surface area (TPSA) is 29.3 Å². The van der Waals surface area contributed by atoms with Crippen LogP contribution in [0.4, 0.5) is 0 Å². The molecule has 1 aliphatic rings. The summed E-state index contributed by atoms with van der Waals surface area (Å²) in [5.41, 5.74) is 8.88. The Kier molecular flexibility index (Phi) is 4.19. The number of aryl methyl sites for hydroxylation is 1. The molecule has 0 bridgehead atoms. The Morgan fingerprint density at radius 2 is 1.94 bits per heavy atom. The number of benzene rings is 1. The Morgan fingerprint density at radius 3 is 2.47 bits per heavy atom. The monoisotopic (exact) mass is 232 g/mol. The van der Waals surface area contributed by atoms with E-state index in [0.29, 0.717) is 0 Å². The molecule has 2 heteroatoms. The lowest BCUT2D eigenvalue weighted by Gasteiger charge is -2.21. The van der Waals surface area contributed by atoms with Gasteiger partial charge in [0.2, 0.25) is 0 Å². The summed E-state index contributed by atoms with van der Waals surface area (Å²) in [5, 5.41) is 0. The number of hydrogen-bond acceptors (Lipinski definition) is 2. The smallest absolute Gasteiger partial charge is 0.0424 e. The van der Waals surface area contributed by atoms with E-state index < -0.39 is 0 Å². The quantitative estimate of drug-likeness (QED) is 0.817. The highest BCUT2D eigenvalue weighted by molar-refractivity contribution is 5.25. The zero-order valence-corrected chi connectivity index (χ0v) is 11.0. The van der Waals surface area contributed by atoms with E-state index in [1.807, 2.05) is 0 Å². The lowest BCUT2D eigenvalue weighted by atomic mass is 10.0. The maximum absolute atomic E-state index is 6.24. The molecule has 1 aromatic rings. The molecule has 94 valence electrons. The fourth-order valence-electron chi connectivity index (χ4n) is 2.26. The van der Waals surface area contributed by atoms with Gasteiger partial charge in [-0.3, -0.25) is 0 Å². The summed E-state index contributed by atoms with van der Waals surface area (Å²) in [6.07, 6.45) is 3.91. The fourth-order valence-corrected chi connectivity index (χ4v) is 2.26. The molecular formula is C15H24N2. The van der Waals surface area contributed by atoms with Gasteiger partial charge < -0.3 is 10.6 Å². The van der Waals surface area contributed by atoms with Crippen LogP contribution in [0.25, 0.3) is 0 Å². The molecule has 2 N–H and O–H groups in total. The van der Waals surface area contributed by atoms with E-state index in [4.69, 9.17) is 5.73 Å². The van der Waals surface area contributed by atoms with Crippen LogP contribution in [0.15, 0.2) is 24.3 Å². The highest BCUT2D eigenvalue weighted by Crippen LogP contribution is 2.29. The maximum atomic E-state index is 6.24. The standard InChI is InChI=1S/C15H24N2/c1-3-12-6-8-14(9-7-12)15(16)11-17(2)10-13-4-5-13/h6-9,13,15H,3-5,10-11,16H2,1-2H3. The minimum Gasteiger partial charge on any atom is -0.323 e. The number of nitrogens with zero attached hydrogens (tertiary/aromatic N) is 1. The van der Waals surface area contributed by atoms with Gasteiger partial charge >= 0.3 is 0 Å². The summed E-state index contributed by atoms with van der Waals surface area (Å²) in [6.45, 7) is 4.35. The van der Waals surface area contributed by atoms with Gasteiger partial charge in [0.25, 0.3) is 0 Å². The molecule has 1 unspecified atom stereocenters. The van der Waals surface area contributed by atoms with Crippen LogP contribution in [-0.2, 0) is 6.42 Å². The van der Waals surface area contributed by atoms with Crippen LogP contribution in [0.2, 0.25) is 0 Å². The third-order valence-electron chi connectivity index (χ3n) is 3.59. The normalized spacial score (nSPS) is 17.4. The van der Waals surface area contributed by atoms with Crippen molar-refractivity contribution in [2.45, 2.75) is 32.2 Å². The van der Waals surface area contributed by atoms with Gasteiger partial charge in [-0.1, -0.05) is 31.2 Å². The Bertz CT molecular complexity index is 340. The van der Waals surface area contributed by atoms with E-state index in [9.17, 15) is 0 Å². The van der Waals surface area contributed by atoms with E-state index >= 15 is 0 Å². The first-order valence-corrected chi connectivity index (χ1v) is 6.72. The molecular weight excluding hydrogens is 208 g/mol. The zero-order valence-electron chi connectivity index (χ0n) is 11.0. The van der Waals surface area contributed by atoms with Crippen molar-refractivity contribution in [3.63, 3.8) is 0 Å². The molecule has 0 spiro atoms. The van der Waals surface area contributed by atoms with Crippen LogP contribution < -0.4 is 5.73 Å². The largest absolute Gasteiger partial charge is 0.323 e. The van der Waals surface area contributed by atoms with Gasteiger partial charge in [0.1, 0.15) is 0 Å². The van der Waals surface area contributed by atoms with Crippen LogP contribution in [0, 0.1) is 5.92 Å². The lowest BCUT2D eigenvalue weighted by molar-refractivity contribution is 0.300. The molecule has 1 aliphatic carbocycles. The summed E-state index contributed by atoms with van der Waals surface area (Å²) in [5.74, 6) is 0.940. The number of nitrogens with two attached hydrogens (primary N) is 1. The van der Waals surface area contributed by atoms with Gasteiger partial charge in [-0.05, 0) is 43.4 Å². The van der Waals surface area contributed by atoms with Crippen molar-refractivity contribution >= 4 is 0 Å². The number of rotatable bonds is 6. The summed E-state index contributed by atoms with van der Waals surface area (Å²) >= 11 is 0. The van der Waals surface area contributed by atoms with Gasteiger partial charge in [0, 0.05) is 19.1 Å². The molecule has 1 saturated carbocycles. The fraction of sp³-hybridized carbons (Fsp3) is 0.600. The predicted molar refractivity (Wildman–Crippen MR) is 73.0 cm³/mol. The molecule has 0 saturated heterocycles. The minimum atomic E-state index is 0.143. The molecule has 0 aliphatic heterocycles. The van der Waals surface area contributed by atoms with E-state index in [1.54, 1.807) is 0 Å². The molecule has 0 amide bonds. The lowest BCUT2D eigenvalue weighted by Crippen LogP contribution is -2.30. The average Bonchev–Trinajstić information content (AvgIpc) is 3.12. The second-order valence-electron chi connectivity index (χ2n) is 5.37. The van der Waals surface area contributed by atoms with Gasteiger partial charge in [-0.2, -0.15) is 0 Å². The van der Waals surface area contributed by atoms with Crippen LogP contribution in [-0.4, -0.2) is 25.0 Å². The molecule has 0 heterocycles. The van der Waals surface area contributed by atoms with E-state index in [0.717, 1.165) is 18.9 Å². The Morgan fingerprint density at radius 1 is 1.29 bits per heavy atom. The van der Waals surface area contributed by atoms with Crippen LogP contribution in [0.5, 0.6) is 0 Å². The molecule has 1 atom stereocenters. The van der Waals surface area contributed by atoms with Crippen molar-refractivity contribution in [3.8, 4) is 0 Å². The Hall–Kier alpha value is -0.860. The molecule has 2 rings (SSSR count). The first kappa shape index (κ1) is 12.6. The second kappa shape index (κ2) is 5.65. The third kappa shape index (κ3) is 3.83. The first-order valence-electron chi connectivity index (χ1n) is 6.72. The van der Waals surface area contributed by atoms with Crippen molar-refractivity contribution in [3.05, 3.63) is 35.4 Å². The van der Waals surface area contributed by atoms with Crippen molar-refractivity contribution in [2.24, 2.45) is 11.7 Å². The minimum absolute atomic E-state index is 0.143. The second-order valence-corrected chi connectivity index (χ2v) is 5.37. The van der Waals surface area contributed by atoms with Crippen LogP contribution in [0.1, 0.15) is 36.9 Å². The van der Waals surface area contributed by atoms with Gasteiger partial charge in [-0.25, -0.2) is 0 Å². The van der Waals surface area contributed by atoms with Crippen molar-refractivity contribution < 1.29 is 0 Å². The molecule has 0 radical (unpaired) electrons. The molecule has 1 aromatic carbocycles. The first-order chi connectivity index (χ1) is 8.19. The average molecular weight is 232 g/mol. The summed E-state index contributed by atoms with van der Waals surface area (Å²) in [6, 6.07) is 8.87. The van der Waals surface area contributed by atoms with Crippen molar-refractivity contribution in [1.29, 1.82) is 0 Å². The van der Waals surface area contributed by atoms with E-state index in [1.165, 1.54) is 30.5 Å². The van der Waals surface area contributed by atoms with Crippen molar-refractivity contribution in [2.75, 3.05) is 20.1 Å². The van der Waals surface area contributed by atoms with Crippen LogP contribution in [0.3, 0.4) is 0 Å². The third-order valence-corrected chi connectivity index (χ3v) is 3.59. The highest BCUT2D eigenvalue weighted by atomic mass is 15.1. The van der Waals surface area contributed by atoms with Crippen LogP contribution >= 0.6 is 0 Å². The van der Waals surface area contributed by atoms with Crippen molar-refractivity contribution in [1.82, 2.24) is 4.90 Å². The SMILES string of the molecule is CCc1ccc(C(N)CN(C)CC2CC2)cc1. The predicted octanol–water partition coefficient (Wildman–Crippen LogP) is 2.59. The molecule has 17 heavy (non-hydrogen) atoms. The molecule has 0 aromatic heterocycles. The Labute approximate surface area is 105 Å². The number of hydrogen-bond donors (Lipinski definition) is 1. The van der Waals surface area contributed by atoms with E-state index in [2.05, 4.69) is 43.1 Å². The number of likely N-dealkylation sites (N-methyl/N-ethyl adjacent to an activating group) is 1. The van der Waals surface area contributed by atoms with Gasteiger partial charge in [0.05, 0.1) is 0 Å². The zero-order chi connectivity index (χ0) is 12.3. The Balaban J connectivity index is 1.86. The summed E-state index contributed by atoms with van der Waals surface area (Å²) < 4.78 is 0. The highest BCUT2D eigenvalue weighted by Gasteiger charge is 2.23. The summed E-state index contributed by atoms with van der Waals surface area (Å²) in [7, 11) is 2.18. The van der Waals surface area contributed by atoms with Gasteiger partial charge in [0.15, 0.2) is 0 Å².